The van der Waals surface area contributed by atoms with Crippen LogP contribution in [0.4, 0.5) is 0 Å². The molecule has 104 valence electrons. The molecule has 2 aliphatic rings. The van der Waals surface area contributed by atoms with Crippen LogP contribution in [-0.2, 0) is 14.9 Å². The third kappa shape index (κ3) is 2.82. The molecule has 3 N–H and O–H groups in total. The minimum atomic E-state index is -3.42. The maximum absolute atomic E-state index is 12.4. The van der Waals surface area contributed by atoms with Gasteiger partial charge in [-0.2, -0.15) is 17.0 Å². The minimum absolute atomic E-state index is 0.0804. The van der Waals surface area contributed by atoms with Gasteiger partial charge in [0.05, 0.1) is 19.0 Å². The van der Waals surface area contributed by atoms with Crippen molar-refractivity contribution in [1.82, 2.24) is 8.61 Å². The van der Waals surface area contributed by atoms with Crippen LogP contribution in [0.15, 0.2) is 0 Å². The zero-order valence-corrected chi connectivity index (χ0v) is 11.2. The van der Waals surface area contributed by atoms with Crippen molar-refractivity contribution in [3.05, 3.63) is 0 Å². The summed E-state index contributed by atoms with van der Waals surface area (Å²) in [4.78, 5) is 0. The highest BCUT2D eigenvalue weighted by Crippen LogP contribution is 2.21. The number of ether oxygens (including phenoxy) is 1. The highest BCUT2D eigenvalue weighted by molar-refractivity contribution is 7.86. The Morgan fingerprint density at radius 2 is 1.89 bits per heavy atom. The molecule has 0 aromatic carbocycles. The molecule has 0 amide bonds. The SMILES string of the molecule is N=C(N)C1CCCN(S(=O)(=O)N2CCOCC2)C1. The molecule has 1 atom stereocenters. The van der Waals surface area contributed by atoms with E-state index in [4.69, 9.17) is 15.9 Å². The van der Waals surface area contributed by atoms with Gasteiger partial charge in [-0.3, -0.25) is 5.41 Å². The minimum Gasteiger partial charge on any atom is -0.387 e. The third-order valence-electron chi connectivity index (χ3n) is 3.45. The van der Waals surface area contributed by atoms with E-state index < -0.39 is 10.2 Å². The lowest BCUT2D eigenvalue weighted by molar-refractivity contribution is 0.0694. The molecular weight excluding hydrogens is 256 g/mol. The highest BCUT2D eigenvalue weighted by atomic mass is 32.2. The lowest BCUT2D eigenvalue weighted by Crippen LogP contribution is -2.52. The second-order valence-electron chi connectivity index (χ2n) is 4.67. The maximum Gasteiger partial charge on any atom is 0.282 e. The van der Waals surface area contributed by atoms with Gasteiger partial charge < -0.3 is 10.5 Å². The molecule has 0 aromatic heterocycles. The van der Waals surface area contributed by atoms with Crippen molar-refractivity contribution in [2.24, 2.45) is 11.7 Å². The Kier molecular flexibility index (Phi) is 4.21. The smallest absolute Gasteiger partial charge is 0.282 e. The predicted molar refractivity (Wildman–Crippen MR) is 67.5 cm³/mol. The lowest BCUT2D eigenvalue weighted by atomic mass is 9.99. The fraction of sp³-hybridized carbons (Fsp3) is 0.900. The summed E-state index contributed by atoms with van der Waals surface area (Å²) in [6.45, 7) is 2.55. The molecule has 8 heteroatoms. The first-order valence-corrected chi connectivity index (χ1v) is 7.58. The van der Waals surface area contributed by atoms with Crippen molar-refractivity contribution >= 4 is 16.0 Å². The van der Waals surface area contributed by atoms with Crippen LogP contribution in [0, 0.1) is 11.3 Å². The van der Waals surface area contributed by atoms with Crippen LogP contribution in [0.2, 0.25) is 0 Å². The summed E-state index contributed by atoms with van der Waals surface area (Å²) in [5.41, 5.74) is 5.48. The normalized spacial score (nSPS) is 28.1. The largest absolute Gasteiger partial charge is 0.387 e. The summed E-state index contributed by atoms with van der Waals surface area (Å²) in [5, 5.41) is 7.45. The lowest BCUT2D eigenvalue weighted by Gasteiger charge is -2.36. The quantitative estimate of drug-likeness (QED) is 0.521. The van der Waals surface area contributed by atoms with E-state index in [1.165, 1.54) is 8.61 Å². The Labute approximate surface area is 108 Å². The van der Waals surface area contributed by atoms with Crippen LogP contribution in [0.5, 0.6) is 0 Å². The first-order valence-electron chi connectivity index (χ1n) is 6.18. The summed E-state index contributed by atoms with van der Waals surface area (Å²) in [6, 6.07) is 0. The fourth-order valence-electron chi connectivity index (χ4n) is 2.35. The zero-order valence-electron chi connectivity index (χ0n) is 10.3. The van der Waals surface area contributed by atoms with Gasteiger partial charge in [0.2, 0.25) is 0 Å². The van der Waals surface area contributed by atoms with Crippen molar-refractivity contribution in [3.8, 4) is 0 Å². The van der Waals surface area contributed by atoms with Gasteiger partial charge in [-0.05, 0) is 12.8 Å². The van der Waals surface area contributed by atoms with Gasteiger partial charge in [-0.25, -0.2) is 0 Å². The second kappa shape index (κ2) is 5.52. The first kappa shape index (κ1) is 13.7. The molecule has 0 aliphatic carbocycles. The zero-order chi connectivity index (χ0) is 13.2. The van der Waals surface area contributed by atoms with E-state index in [0.29, 0.717) is 39.4 Å². The van der Waals surface area contributed by atoms with Crippen molar-refractivity contribution < 1.29 is 13.2 Å². The van der Waals surface area contributed by atoms with Gasteiger partial charge in [0.25, 0.3) is 10.2 Å². The maximum atomic E-state index is 12.4. The summed E-state index contributed by atoms with van der Waals surface area (Å²) < 4.78 is 32.9. The predicted octanol–water partition coefficient (Wildman–Crippen LogP) is -0.789. The molecule has 2 heterocycles. The molecule has 2 rings (SSSR count). The molecule has 7 nitrogen and oxygen atoms in total. The van der Waals surface area contributed by atoms with E-state index in [-0.39, 0.29) is 11.8 Å². The number of hydrogen-bond acceptors (Lipinski definition) is 4. The van der Waals surface area contributed by atoms with Crippen LogP contribution < -0.4 is 5.73 Å². The number of hydrogen-bond donors (Lipinski definition) is 2. The average Bonchev–Trinajstić information content (AvgIpc) is 2.40. The Morgan fingerprint density at radius 1 is 1.22 bits per heavy atom. The molecular formula is C10H20N4O3S. The van der Waals surface area contributed by atoms with Gasteiger partial charge >= 0.3 is 0 Å². The Bertz CT molecular complexity index is 405. The summed E-state index contributed by atoms with van der Waals surface area (Å²) in [5.74, 6) is -0.0635. The summed E-state index contributed by atoms with van der Waals surface area (Å²) in [7, 11) is -3.42. The highest BCUT2D eigenvalue weighted by Gasteiger charge is 2.35. The number of morpholine rings is 1. The molecule has 0 spiro atoms. The van der Waals surface area contributed by atoms with Gasteiger partial charge in [0.15, 0.2) is 0 Å². The van der Waals surface area contributed by atoms with E-state index in [1.54, 1.807) is 0 Å². The number of nitrogens with two attached hydrogens (primary N) is 1. The van der Waals surface area contributed by atoms with E-state index in [2.05, 4.69) is 0 Å². The number of nitrogens with zero attached hydrogens (tertiary/aromatic N) is 2. The number of nitrogens with one attached hydrogen (secondary N) is 1. The van der Waals surface area contributed by atoms with Crippen LogP contribution >= 0.6 is 0 Å². The van der Waals surface area contributed by atoms with Crippen molar-refractivity contribution in [3.63, 3.8) is 0 Å². The Morgan fingerprint density at radius 3 is 2.50 bits per heavy atom. The molecule has 0 saturated carbocycles. The first-order chi connectivity index (χ1) is 8.51. The van der Waals surface area contributed by atoms with Crippen LogP contribution in [0.1, 0.15) is 12.8 Å². The molecule has 0 radical (unpaired) electrons. The fourth-order valence-corrected chi connectivity index (χ4v) is 4.01. The molecule has 1 unspecified atom stereocenters. The second-order valence-corrected chi connectivity index (χ2v) is 6.60. The molecule has 0 bridgehead atoms. The van der Waals surface area contributed by atoms with Gasteiger partial charge in [0.1, 0.15) is 0 Å². The van der Waals surface area contributed by atoms with Gasteiger partial charge in [-0.15, -0.1) is 0 Å². The third-order valence-corrected chi connectivity index (χ3v) is 5.45. The van der Waals surface area contributed by atoms with Crippen LogP contribution in [-0.4, -0.2) is 62.3 Å². The monoisotopic (exact) mass is 276 g/mol. The van der Waals surface area contributed by atoms with E-state index in [0.717, 1.165) is 12.8 Å². The van der Waals surface area contributed by atoms with Gasteiger partial charge in [-0.1, -0.05) is 0 Å². The van der Waals surface area contributed by atoms with Crippen molar-refractivity contribution in [2.45, 2.75) is 12.8 Å². The summed E-state index contributed by atoms with van der Waals surface area (Å²) >= 11 is 0. The van der Waals surface area contributed by atoms with Crippen molar-refractivity contribution in [2.75, 3.05) is 39.4 Å². The molecule has 18 heavy (non-hydrogen) atoms. The van der Waals surface area contributed by atoms with Crippen LogP contribution in [0.3, 0.4) is 0 Å². The number of rotatable bonds is 3. The Balaban J connectivity index is 2.06. The molecule has 2 saturated heterocycles. The van der Waals surface area contributed by atoms with E-state index in [1.807, 2.05) is 0 Å². The van der Waals surface area contributed by atoms with Gasteiger partial charge in [0, 0.05) is 32.1 Å². The summed E-state index contributed by atoms with van der Waals surface area (Å²) in [6.07, 6.45) is 1.55. The average molecular weight is 276 g/mol. The molecule has 0 aromatic rings. The Hall–Kier alpha value is -0.700. The number of amidine groups is 1. The van der Waals surface area contributed by atoms with E-state index >= 15 is 0 Å². The van der Waals surface area contributed by atoms with Crippen LogP contribution in [0.25, 0.3) is 0 Å². The standard InChI is InChI=1S/C10H20N4O3S/c11-10(12)9-2-1-3-14(8-9)18(15,16)13-4-6-17-7-5-13/h9H,1-8H2,(H3,11,12). The van der Waals surface area contributed by atoms with Crippen molar-refractivity contribution in [1.29, 1.82) is 5.41 Å². The number of piperidine rings is 1. The van der Waals surface area contributed by atoms with E-state index in [9.17, 15) is 8.42 Å². The topological polar surface area (TPSA) is 99.7 Å². The molecule has 2 aliphatic heterocycles. The molecule has 2 fully saturated rings.